The van der Waals surface area contributed by atoms with Crippen molar-refractivity contribution >= 4 is 5.69 Å². The van der Waals surface area contributed by atoms with Crippen LogP contribution in [-0.2, 0) is 0 Å². The number of hydrogen-bond acceptors (Lipinski definition) is 1. The second kappa shape index (κ2) is 11.5. The minimum Gasteiger partial charge on any atom is -0.372 e. The minimum atomic E-state index is 1.24. The minimum absolute atomic E-state index is 1.24. The molecular weight excluding hydrogens is 206 g/mol. The van der Waals surface area contributed by atoms with Gasteiger partial charge in [-0.05, 0) is 25.0 Å². The van der Waals surface area contributed by atoms with Gasteiger partial charge in [-0.15, -0.1) is 0 Å². The molecule has 17 heavy (non-hydrogen) atoms. The highest BCUT2D eigenvalue weighted by atomic mass is 15.1. The Morgan fingerprint density at radius 2 is 1.35 bits per heavy atom. The third-order valence-corrected chi connectivity index (χ3v) is 2.73. The molecule has 0 bridgehead atoms. The molecule has 0 aliphatic carbocycles. The largest absolute Gasteiger partial charge is 0.372 e. The van der Waals surface area contributed by atoms with Crippen molar-refractivity contribution < 1.29 is 0 Å². The van der Waals surface area contributed by atoms with Crippen LogP contribution in [0.4, 0.5) is 5.69 Å². The molecule has 1 aromatic carbocycles. The fourth-order valence-corrected chi connectivity index (χ4v) is 1.61. The number of nitrogens with zero attached hydrogens (tertiary/aromatic N) is 1. The number of benzene rings is 1. The van der Waals surface area contributed by atoms with E-state index in [9.17, 15) is 0 Å². The van der Waals surface area contributed by atoms with Gasteiger partial charge in [0.2, 0.25) is 0 Å². The maximum Gasteiger partial charge on any atom is 0.0366 e. The van der Waals surface area contributed by atoms with Crippen molar-refractivity contribution in [3.63, 3.8) is 0 Å². The lowest BCUT2D eigenvalue weighted by atomic mass is 10.3. The molecule has 0 spiro atoms. The van der Waals surface area contributed by atoms with Crippen LogP contribution in [0.2, 0.25) is 0 Å². The van der Waals surface area contributed by atoms with E-state index in [0.717, 1.165) is 0 Å². The summed E-state index contributed by atoms with van der Waals surface area (Å²) < 4.78 is 0. The Morgan fingerprint density at radius 1 is 0.882 bits per heavy atom. The van der Waals surface area contributed by atoms with E-state index in [0.29, 0.717) is 0 Å². The molecule has 1 fully saturated rings. The van der Waals surface area contributed by atoms with Crippen LogP contribution in [0.25, 0.3) is 0 Å². The van der Waals surface area contributed by atoms with Gasteiger partial charge in [0.1, 0.15) is 0 Å². The maximum atomic E-state index is 2.44. The molecule has 98 valence electrons. The quantitative estimate of drug-likeness (QED) is 0.687. The summed E-state index contributed by atoms with van der Waals surface area (Å²) >= 11 is 0. The van der Waals surface area contributed by atoms with Gasteiger partial charge in [-0.2, -0.15) is 0 Å². The summed E-state index contributed by atoms with van der Waals surface area (Å²) in [6.45, 7) is 10.8. The summed E-state index contributed by atoms with van der Waals surface area (Å²) in [4.78, 5) is 2.44. The summed E-state index contributed by atoms with van der Waals surface area (Å²) in [6, 6.07) is 10.7. The summed E-state index contributed by atoms with van der Waals surface area (Å²) in [5, 5.41) is 0. The lowest BCUT2D eigenvalue weighted by molar-refractivity contribution is 0.886. The van der Waals surface area contributed by atoms with Gasteiger partial charge in [-0.1, -0.05) is 58.7 Å². The zero-order valence-electron chi connectivity index (χ0n) is 12.1. The van der Waals surface area contributed by atoms with Crippen molar-refractivity contribution in [2.45, 2.75) is 53.4 Å². The highest BCUT2D eigenvalue weighted by molar-refractivity contribution is 5.46. The van der Waals surface area contributed by atoms with Crippen LogP contribution in [0.3, 0.4) is 0 Å². The number of unbranched alkanes of at least 4 members (excludes halogenated alkanes) is 1. The Bertz CT molecular complexity index is 235. The van der Waals surface area contributed by atoms with Gasteiger partial charge in [0.05, 0.1) is 0 Å². The van der Waals surface area contributed by atoms with Crippen molar-refractivity contribution in [1.29, 1.82) is 0 Å². The number of rotatable bonds is 2. The number of hydrogen-bond donors (Lipinski definition) is 0. The predicted octanol–water partition coefficient (Wildman–Crippen LogP) is 5.12. The molecule has 0 aromatic heterocycles. The fourth-order valence-electron chi connectivity index (χ4n) is 1.61. The van der Waals surface area contributed by atoms with Gasteiger partial charge < -0.3 is 4.90 Å². The van der Waals surface area contributed by atoms with Gasteiger partial charge in [0.15, 0.2) is 0 Å². The molecule has 2 rings (SSSR count). The van der Waals surface area contributed by atoms with Gasteiger partial charge >= 0.3 is 0 Å². The lowest BCUT2D eigenvalue weighted by Crippen LogP contribution is -2.16. The van der Waals surface area contributed by atoms with E-state index in [2.05, 4.69) is 49.1 Å². The second-order valence-electron chi connectivity index (χ2n) is 4.03. The van der Waals surface area contributed by atoms with Crippen molar-refractivity contribution in [2.75, 3.05) is 18.0 Å². The molecule has 1 saturated heterocycles. The number of para-hydroxylation sites is 1. The monoisotopic (exact) mass is 235 g/mol. The van der Waals surface area contributed by atoms with Crippen molar-refractivity contribution in [3.05, 3.63) is 30.3 Å². The van der Waals surface area contributed by atoms with Gasteiger partial charge in [0, 0.05) is 18.8 Å². The van der Waals surface area contributed by atoms with E-state index < -0.39 is 0 Å². The van der Waals surface area contributed by atoms with Crippen molar-refractivity contribution in [2.24, 2.45) is 0 Å². The molecule has 1 aliphatic heterocycles. The summed E-state index contributed by atoms with van der Waals surface area (Å²) in [5.41, 5.74) is 1.38. The first kappa shape index (κ1) is 16.0. The van der Waals surface area contributed by atoms with Crippen LogP contribution in [0, 0.1) is 0 Å². The Kier molecular flexibility index (Phi) is 10.8. The predicted molar refractivity (Wildman–Crippen MR) is 79.8 cm³/mol. The highest BCUT2D eigenvalue weighted by Gasteiger charge is 2.10. The Balaban J connectivity index is 0.000000368. The van der Waals surface area contributed by atoms with E-state index >= 15 is 0 Å². The Morgan fingerprint density at radius 3 is 1.76 bits per heavy atom. The van der Waals surface area contributed by atoms with Gasteiger partial charge in [-0.25, -0.2) is 0 Å². The molecule has 1 heteroatoms. The molecule has 0 atom stereocenters. The fraction of sp³-hybridized carbons (Fsp3) is 0.625. The lowest BCUT2D eigenvalue weighted by Gasteiger charge is -2.16. The van der Waals surface area contributed by atoms with Crippen LogP contribution >= 0.6 is 0 Å². The summed E-state index contributed by atoms with van der Waals surface area (Å²) in [5.74, 6) is 0. The Hall–Kier alpha value is -0.980. The molecule has 0 radical (unpaired) electrons. The second-order valence-corrected chi connectivity index (χ2v) is 4.03. The van der Waals surface area contributed by atoms with E-state index in [4.69, 9.17) is 0 Å². The van der Waals surface area contributed by atoms with E-state index in [1.54, 1.807) is 0 Å². The number of anilines is 1. The smallest absolute Gasteiger partial charge is 0.0366 e. The third-order valence-electron chi connectivity index (χ3n) is 2.73. The first-order chi connectivity index (χ1) is 8.38. The van der Waals surface area contributed by atoms with Crippen LogP contribution < -0.4 is 4.90 Å². The van der Waals surface area contributed by atoms with E-state index in [1.807, 2.05) is 13.8 Å². The molecule has 1 aliphatic rings. The molecule has 0 saturated carbocycles. The molecule has 0 amide bonds. The molecule has 1 aromatic rings. The van der Waals surface area contributed by atoms with E-state index in [1.165, 1.54) is 44.5 Å². The van der Waals surface area contributed by atoms with Crippen LogP contribution in [0.1, 0.15) is 53.4 Å². The Labute approximate surface area is 108 Å². The van der Waals surface area contributed by atoms with Crippen LogP contribution in [0.15, 0.2) is 30.3 Å². The molecule has 1 nitrogen and oxygen atoms in total. The topological polar surface area (TPSA) is 3.24 Å². The average Bonchev–Trinajstić information content (AvgIpc) is 2.96. The SMILES string of the molecule is CC.CCCC.c1ccc(N2CCCC2)cc1. The summed E-state index contributed by atoms with van der Waals surface area (Å²) in [7, 11) is 0. The van der Waals surface area contributed by atoms with E-state index in [-0.39, 0.29) is 0 Å². The molecular formula is C16H29N. The third kappa shape index (κ3) is 7.04. The molecule has 1 heterocycles. The summed E-state index contributed by atoms with van der Waals surface area (Å²) in [6.07, 6.45) is 5.35. The highest BCUT2D eigenvalue weighted by Crippen LogP contribution is 2.18. The first-order valence-corrected chi connectivity index (χ1v) is 7.18. The standard InChI is InChI=1S/C10H13N.C4H10.C2H6/c1-2-6-10(7-3-1)11-8-4-5-9-11;1-3-4-2;1-2/h1-3,6-7H,4-5,8-9H2;3-4H2,1-2H3;1-2H3. The van der Waals surface area contributed by atoms with Crippen LogP contribution in [0.5, 0.6) is 0 Å². The normalized spacial score (nSPS) is 13.3. The molecule has 0 unspecified atom stereocenters. The molecule has 0 N–H and O–H groups in total. The maximum absolute atomic E-state index is 2.44. The average molecular weight is 235 g/mol. The van der Waals surface area contributed by atoms with Crippen molar-refractivity contribution in [3.8, 4) is 0 Å². The van der Waals surface area contributed by atoms with Crippen LogP contribution in [-0.4, -0.2) is 13.1 Å². The van der Waals surface area contributed by atoms with Gasteiger partial charge in [-0.3, -0.25) is 0 Å². The first-order valence-electron chi connectivity index (χ1n) is 7.18. The van der Waals surface area contributed by atoms with Crippen molar-refractivity contribution in [1.82, 2.24) is 0 Å². The van der Waals surface area contributed by atoms with Gasteiger partial charge in [0.25, 0.3) is 0 Å². The zero-order valence-corrected chi connectivity index (χ0v) is 12.1. The zero-order chi connectivity index (χ0) is 12.9.